The Kier molecular flexibility index (Phi) is 6.97. The second-order valence-corrected chi connectivity index (χ2v) is 8.25. The predicted molar refractivity (Wildman–Crippen MR) is 134 cm³/mol. The minimum Gasteiger partial charge on any atom is -0.394 e. The SMILES string of the molecule is Cc1cc(/C(N)=N/CCO)cc2[nH]c(-c3c(NCC(O)c4cccc(Cl)c4)cc[nH]c3=O)nc12. The molecule has 0 saturated carbocycles. The lowest BCUT2D eigenvalue weighted by Gasteiger charge is -2.15. The van der Waals surface area contributed by atoms with Crippen molar-refractivity contribution in [2.75, 3.05) is 25.0 Å². The molecule has 1 unspecified atom stereocenters. The summed E-state index contributed by atoms with van der Waals surface area (Å²) < 4.78 is 0. The number of nitrogens with zero attached hydrogens (tertiary/aromatic N) is 2. The highest BCUT2D eigenvalue weighted by atomic mass is 35.5. The van der Waals surface area contributed by atoms with Crippen LogP contribution in [0.15, 0.2) is 58.4 Å². The van der Waals surface area contributed by atoms with E-state index in [0.29, 0.717) is 50.1 Å². The predicted octanol–water partition coefficient (Wildman–Crippen LogP) is 2.72. The number of rotatable bonds is 8. The number of amidine groups is 1. The van der Waals surface area contributed by atoms with Gasteiger partial charge >= 0.3 is 0 Å². The number of imidazole rings is 1. The van der Waals surface area contributed by atoms with Gasteiger partial charge in [0.05, 0.1) is 36.0 Å². The number of hydrogen-bond acceptors (Lipinski definition) is 6. The number of hydrogen-bond donors (Lipinski definition) is 6. The van der Waals surface area contributed by atoms with Crippen LogP contribution in [0.3, 0.4) is 0 Å². The van der Waals surface area contributed by atoms with E-state index in [1.54, 1.807) is 30.3 Å². The maximum atomic E-state index is 12.8. The summed E-state index contributed by atoms with van der Waals surface area (Å²) in [5, 5.41) is 23.2. The largest absolute Gasteiger partial charge is 0.394 e. The van der Waals surface area contributed by atoms with Crippen LogP contribution >= 0.6 is 11.6 Å². The lowest BCUT2D eigenvalue weighted by molar-refractivity contribution is 0.191. The summed E-state index contributed by atoms with van der Waals surface area (Å²) in [6.45, 7) is 2.19. The zero-order valence-corrected chi connectivity index (χ0v) is 19.2. The van der Waals surface area contributed by atoms with Gasteiger partial charge in [0.1, 0.15) is 17.2 Å². The van der Waals surface area contributed by atoms with Crippen molar-refractivity contribution in [2.24, 2.45) is 10.7 Å². The highest BCUT2D eigenvalue weighted by Gasteiger charge is 2.17. The standard InChI is InChI=1S/C24H25ClN6O3/c1-13-9-15(22(26)27-7-8-32)11-18-21(13)31-23(30-18)20-17(5-6-28-24(20)34)29-12-19(33)14-3-2-4-16(25)10-14/h2-6,9-11,19,32-33H,7-8,12H2,1H3,(H2,26,27)(H,30,31)(H2,28,29,34). The van der Waals surface area contributed by atoms with E-state index >= 15 is 0 Å². The summed E-state index contributed by atoms with van der Waals surface area (Å²) in [5.74, 6) is 0.688. The Morgan fingerprint density at radius 2 is 2.12 bits per heavy atom. The number of fused-ring (bicyclic) bond motifs is 1. The lowest BCUT2D eigenvalue weighted by Crippen LogP contribution is -2.17. The first-order chi connectivity index (χ1) is 16.4. The fourth-order valence-electron chi connectivity index (χ4n) is 3.72. The molecule has 0 spiro atoms. The van der Waals surface area contributed by atoms with Crippen molar-refractivity contribution in [3.8, 4) is 11.4 Å². The van der Waals surface area contributed by atoms with Crippen LogP contribution in [0, 0.1) is 6.92 Å². The third-order valence-electron chi connectivity index (χ3n) is 5.37. The summed E-state index contributed by atoms with van der Waals surface area (Å²) in [4.78, 5) is 27.4. The van der Waals surface area contributed by atoms with E-state index in [9.17, 15) is 9.90 Å². The number of aliphatic imine (C=N–C) groups is 1. The molecule has 4 aromatic rings. The number of benzene rings is 2. The molecule has 1 atom stereocenters. The van der Waals surface area contributed by atoms with Gasteiger partial charge in [0, 0.05) is 23.3 Å². The second kappa shape index (κ2) is 10.1. The van der Waals surface area contributed by atoms with Gasteiger partial charge < -0.3 is 31.2 Å². The van der Waals surface area contributed by atoms with Crippen LogP contribution in [0.1, 0.15) is 22.8 Å². The average molecular weight is 481 g/mol. The van der Waals surface area contributed by atoms with Gasteiger partial charge in [-0.1, -0.05) is 23.7 Å². The number of H-pyrrole nitrogens is 2. The van der Waals surface area contributed by atoms with E-state index in [1.807, 2.05) is 19.1 Å². The van der Waals surface area contributed by atoms with Crippen molar-refractivity contribution in [1.29, 1.82) is 0 Å². The number of aromatic amines is 2. The summed E-state index contributed by atoms with van der Waals surface area (Å²) in [5.41, 5.74) is 10.2. The summed E-state index contributed by atoms with van der Waals surface area (Å²) >= 11 is 6.02. The van der Waals surface area contributed by atoms with E-state index in [2.05, 4.69) is 25.3 Å². The second-order valence-electron chi connectivity index (χ2n) is 7.81. The molecule has 4 rings (SSSR count). The van der Waals surface area contributed by atoms with Crippen molar-refractivity contribution in [3.05, 3.63) is 80.7 Å². The Balaban J connectivity index is 1.67. The number of aryl methyl sites for hydroxylation is 1. The molecule has 0 fully saturated rings. The lowest BCUT2D eigenvalue weighted by atomic mass is 10.1. The number of aliphatic hydroxyl groups excluding tert-OH is 2. The third kappa shape index (κ3) is 4.96. The molecule has 0 amide bonds. The average Bonchev–Trinajstić information content (AvgIpc) is 3.25. The van der Waals surface area contributed by atoms with Crippen LogP contribution in [0.4, 0.5) is 5.69 Å². The zero-order chi connectivity index (χ0) is 24.2. The van der Waals surface area contributed by atoms with Crippen LogP contribution in [0.25, 0.3) is 22.4 Å². The van der Waals surface area contributed by atoms with Crippen LogP contribution in [0.5, 0.6) is 0 Å². The highest BCUT2D eigenvalue weighted by molar-refractivity contribution is 6.30. The van der Waals surface area contributed by atoms with E-state index < -0.39 is 6.10 Å². The number of nitrogens with one attached hydrogen (secondary N) is 3. The molecular formula is C24H25ClN6O3. The van der Waals surface area contributed by atoms with Gasteiger partial charge in [-0.3, -0.25) is 9.79 Å². The Morgan fingerprint density at radius 3 is 2.88 bits per heavy atom. The summed E-state index contributed by atoms with van der Waals surface area (Å²) in [7, 11) is 0. The molecule has 0 aliphatic heterocycles. The molecule has 10 heteroatoms. The number of anilines is 1. The van der Waals surface area contributed by atoms with Gasteiger partial charge in [0.2, 0.25) is 0 Å². The molecule has 2 heterocycles. The van der Waals surface area contributed by atoms with Crippen molar-refractivity contribution in [2.45, 2.75) is 13.0 Å². The fraction of sp³-hybridized carbons (Fsp3) is 0.208. The molecule has 34 heavy (non-hydrogen) atoms. The summed E-state index contributed by atoms with van der Waals surface area (Å²) in [6.07, 6.45) is 0.706. The Labute approximate surface area is 200 Å². The van der Waals surface area contributed by atoms with Gasteiger partial charge in [0.25, 0.3) is 5.56 Å². The molecule has 0 aliphatic carbocycles. The third-order valence-corrected chi connectivity index (χ3v) is 5.61. The molecule has 176 valence electrons. The minimum absolute atomic E-state index is 0.0886. The van der Waals surface area contributed by atoms with Crippen LogP contribution in [-0.4, -0.2) is 50.7 Å². The Morgan fingerprint density at radius 1 is 1.29 bits per heavy atom. The molecule has 2 aromatic heterocycles. The molecular weight excluding hydrogens is 456 g/mol. The van der Waals surface area contributed by atoms with E-state index in [4.69, 9.17) is 22.4 Å². The van der Waals surface area contributed by atoms with Crippen molar-refractivity contribution >= 4 is 34.2 Å². The first-order valence-electron chi connectivity index (χ1n) is 10.7. The molecule has 0 bridgehead atoms. The minimum atomic E-state index is -0.826. The van der Waals surface area contributed by atoms with Crippen LogP contribution in [-0.2, 0) is 0 Å². The van der Waals surface area contributed by atoms with Gasteiger partial charge in [-0.05, 0) is 48.4 Å². The molecule has 9 nitrogen and oxygen atoms in total. The maximum Gasteiger partial charge on any atom is 0.261 e. The number of halogens is 1. The Hall–Kier alpha value is -3.66. The van der Waals surface area contributed by atoms with Gasteiger partial charge in [-0.25, -0.2) is 4.98 Å². The van der Waals surface area contributed by atoms with E-state index in [1.165, 1.54) is 6.20 Å². The highest BCUT2D eigenvalue weighted by Crippen LogP contribution is 2.27. The van der Waals surface area contributed by atoms with Gasteiger partial charge in [0.15, 0.2) is 0 Å². The monoisotopic (exact) mass is 480 g/mol. The molecule has 0 aliphatic rings. The van der Waals surface area contributed by atoms with Crippen molar-refractivity contribution in [3.63, 3.8) is 0 Å². The number of pyridine rings is 1. The zero-order valence-electron chi connectivity index (χ0n) is 18.5. The van der Waals surface area contributed by atoms with Gasteiger partial charge in [-0.15, -0.1) is 0 Å². The van der Waals surface area contributed by atoms with E-state index in [-0.39, 0.29) is 25.3 Å². The first kappa shape index (κ1) is 23.5. The smallest absolute Gasteiger partial charge is 0.261 e. The molecule has 0 radical (unpaired) electrons. The molecule has 0 saturated heterocycles. The van der Waals surface area contributed by atoms with Gasteiger partial charge in [-0.2, -0.15) is 0 Å². The number of aliphatic hydroxyl groups is 2. The quantitative estimate of drug-likeness (QED) is 0.168. The number of nitrogens with two attached hydrogens (primary N) is 1. The van der Waals surface area contributed by atoms with Crippen LogP contribution in [0.2, 0.25) is 5.02 Å². The molecule has 2 aromatic carbocycles. The maximum absolute atomic E-state index is 12.8. The summed E-state index contributed by atoms with van der Waals surface area (Å²) in [6, 6.07) is 12.4. The topological polar surface area (TPSA) is 152 Å². The fourth-order valence-corrected chi connectivity index (χ4v) is 3.92. The van der Waals surface area contributed by atoms with Crippen molar-refractivity contribution in [1.82, 2.24) is 15.0 Å². The Bertz CT molecular complexity index is 1410. The van der Waals surface area contributed by atoms with Crippen molar-refractivity contribution < 1.29 is 10.2 Å². The van der Waals surface area contributed by atoms with Crippen LogP contribution < -0.4 is 16.6 Å². The molecule has 7 N–H and O–H groups in total. The van der Waals surface area contributed by atoms with E-state index in [0.717, 1.165) is 5.56 Å². The first-order valence-corrected chi connectivity index (χ1v) is 11.1. The number of aromatic nitrogens is 3. The normalized spacial score (nSPS) is 12.8.